The van der Waals surface area contributed by atoms with E-state index in [0.717, 1.165) is 0 Å². The predicted molar refractivity (Wildman–Crippen MR) is 42.9 cm³/mol. The van der Waals surface area contributed by atoms with Crippen molar-refractivity contribution in [2.75, 3.05) is 0 Å². The zero-order valence-corrected chi connectivity index (χ0v) is 7.26. The highest BCUT2D eigenvalue weighted by molar-refractivity contribution is 6.36. The van der Waals surface area contributed by atoms with Gasteiger partial charge in [0.2, 0.25) is 0 Å². The molecule has 46 valence electrons. The van der Waals surface area contributed by atoms with E-state index in [1.165, 1.54) is 21.9 Å². The minimum Gasteiger partial charge on any atom is -0.128 e. The average molecular weight is 132 g/mol. The van der Waals surface area contributed by atoms with Crippen molar-refractivity contribution in [2.45, 2.75) is 21.9 Å². The first-order valence-corrected chi connectivity index (χ1v) is 5.80. The van der Waals surface area contributed by atoms with Gasteiger partial charge in [-0.2, -0.15) is 0 Å². The Labute approximate surface area is 66.7 Å². The first-order chi connectivity index (χ1) is 4.50. The molecule has 0 fully saturated rings. The van der Waals surface area contributed by atoms with Crippen LogP contribution in [0.1, 0.15) is 12.8 Å². The molecule has 0 amide bonds. The molecule has 0 aromatic rings. The minimum absolute atomic E-state index is 0.256. The van der Waals surface area contributed by atoms with Crippen molar-refractivity contribution in [3.63, 3.8) is 0 Å². The van der Waals surface area contributed by atoms with Crippen molar-refractivity contribution in [3.05, 3.63) is 24.3 Å². The molecule has 1 aliphatic rings. The number of allylic oxidation sites excluding steroid dienone is 4. The maximum atomic E-state index is 2.36. The van der Waals surface area contributed by atoms with Crippen LogP contribution in [0, 0.1) is 0 Å². The molecular formula is C8H12Mg. The lowest BCUT2D eigenvalue weighted by Gasteiger charge is -1.82. The van der Waals surface area contributed by atoms with E-state index in [2.05, 4.69) is 24.3 Å². The lowest BCUT2D eigenvalue weighted by atomic mass is 10.3. The second-order valence-electron chi connectivity index (χ2n) is 2.45. The summed E-state index contributed by atoms with van der Waals surface area (Å²) in [6, 6.07) is 0. The summed E-state index contributed by atoms with van der Waals surface area (Å²) >= 11 is 0.256. The van der Waals surface area contributed by atoms with Crippen LogP contribution in [0.2, 0.25) is 9.10 Å². The Bertz CT molecular complexity index is 99.7. The molecule has 0 aliphatic carbocycles. The third-order valence-corrected chi connectivity index (χ3v) is 3.06. The second kappa shape index (κ2) is 5.06. The largest absolute Gasteiger partial charge is 0.375 e. The van der Waals surface area contributed by atoms with E-state index < -0.39 is 0 Å². The highest BCUT2D eigenvalue weighted by Crippen LogP contribution is 2.00. The maximum absolute atomic E-state index is 2.36. The van der Waals surface area contributed by atoms with Crippen LogP contribution in [0.5, 0.6) is 0 Å². The van der Waals surface area contributed by atoms with E-state index in [1.54, 1.807) is 0 Å². The first kappa shape index (κ1) is 7.35. The Morgan fingerprint density at radius 3 is 1.89 bits per heavy atom. The summed E-state index contributed by atoms with van der Waals surface area (Å²) in [6.45, 7) is 0. The molecule has 0 atom stereocenters. The van der Waals surface area contributed by atoms with Gasteiger partial charge in [0.15, 0.2) is 0 Å². The molecule has 0 bridgehead atoms. The van der Waals surface area contributed by atoms with Crippen molar-refractivity contribution >= 4 is 20.4 Å². The standard InChI is InChI=1S/C8H12.Mg/c1-3-5-7-8-6-4-2;/h3-6H,1-2,7-8H2;/b5-3-,6-4-;. The zero-order chi connectivity index (χ0) is 6.36. The van der Waals surface area contributed by atoms with Gasteiger partial charge in [-0.25, -0.2) is 0 Å². The fourth-order valence-electron chi connectivity index (χ4n) is 1.02. The molecule has 1 aliphatic heterocycles. The molecule has 0 spiro atoms. The molecule has 0 N–H and O–H groups in total. The van der Waals surface area contributed by atoms with E-state index in [9.17, 15) is 0 Å². The van der Waals surface area contributed by atoms with E-state index in [-0.39, 0.29) is 20.4 Å². The third kappa shape index (κ3) is 3.76. The van der Waals surface area contributed by atoms with Gasteiger partial charge in [-0.05, 0) is 12.8 Å². The lowest BCUT2D eigenvalue weighted by molar-refractivity contribution is 1.05. The molecule has 9 heavy (non-hydrogen) atoms. The van der Waals surface area contributed by atoms with Crippen LogP contribution in [0.3, 0.4) is 0 Å². The Kier molecular flexibility index (Phi) is 4.14. The van der Waals surface area contributed by atoms with Crippen molar-refractivity contribution in [1.29, 1.82) is 0 Å². The average Bonchev–Trinajstić information content (AvgIpc) is 2.00. The quantitative estimate of drug-likeness (QED) is 0.351. The normalized spacial score (nSPS) is 25.8. The summed E-state index contributed by atoms with van der Waals surface area (Å²) in [7, 11) is 0. The first-order valence-electron chi connectivity index (χ1n) is 3.80. The van der Waals surface area contributed by atoms with E-state index in [1.807, 2.05) is 0 Å². The number of rotatable bonds is 0. The van der Waals surface area contributed by atoms with Gasteiger partial charge in [0.1, 0.15) is 0 Å². The summed E-state index contributed by atoms with van der Waals surface area (Å²) < 4.78 is 2.81. The van der Waals surface area contributed by atoms with Crippen LogP contribution in [0.15, 0.2) is 24.3 Å². The Morgan fingerprint density at radius 2 is 1.33 bits per heavy atom. The van der Waals surface area contributed by atoms with Gasteiger partial charge in [-0.3, -0.25) is 0 Å². The van der Waals surface area contributed by atoms with Gasteiger partial charge in [0.25, 0.3) is 0 Å². The van der Waals surface area contributed by atoms with Crippen LogP contribution < -0.4 is 0 Å². The molecule has 0 saturated carbocycles. The summed E-state index contributed by atoms with van der Waals surface area (Å²) in [5.74, 6) is 0. The van der Waals surface area contributed by atoms with E-state index in [4.69, 9.17) is 0 Å². The van der Waals surface area contributed by atoms with Crippen LogP contribution >= 0.6 is 0 Å². The fraction of sp³-hybridized carbons (Fsp3) is 0.500. The molecule has 0 radical (unpaired) electrons. The van der Waals surface area contributed by atoms with Crippen molar-refractivity contribution < 1.29 is 0 Å². The highest BCUT2D eigenvalue weighted by atomic mass is 24.5. The van der Waals surface area contributed by atoms with Gasteiger partial charge in [-0.1, -0.05) is 12.2 Å². The molecule has 1 rings (SSSR count). The van der Waals surface area contributed by atoms with Crippen LogP contribution in [0.4, 0.5) is 0 Å². The summed E-state index contributed by atoms with van der Waals surface area (Å²) in [4.78, 5) is 0. The van der Waals surface area contributed by atoms with E-state index >= 15 is 0 Å². The smallest absolute Gasteiger partial charge is 0.128 e. The second-order valence-corrected chi connectivity index (χ2v) is 4.31. The van der Waals surface area contributed by atoms with Gasteiger partial charge >= 0.3 is 20.4 Å². The molecule has 0 aromatic heterocycles. The van der Waals surface area contributed by atoms with Crippen molar-refractivity contribution in [3.8, 4) is 0 Å². The fourth-order valence-corrected chi connectivity index (χ4v) is 2.20. The van der Waals surface area contributed by atoms with Crippen LogP contribution in [-0.2, 0) is 0 Å². The lowest BCUT2D eigenvalue weighted by Crippen LogP contribution is -1.80. The van der Waals surface area contributed by atoms with Gasteiger partial charge in [0, 0.05) is 0 Å². The van der Waals surface area contributed by atoms with Crippen LogP contribution in [-0.4, -0.2) is 20.4 Å². The van der Waals surface area contributed by atoms with Crippen molar-refractivity contribution in [1.82, 2.24) is 0 Å². The van der Waals surface area contributed by atoms with E-state index in [0.29, 0.717) is 0 Å². The number of hydrogen-bond donors (Lipinski definition) is 0. The van der Waals surface area contributed by atoms with Gasteiger partial charge < -0.3 is 0 Å². The Balaban J connectivity index is 2.28. The molecule has 0 aromatic carbocycles. The Hall–Kier alpha value is 0.246. The summed E-state index contributed by atoms with van der Waals surface area (Å²) in [6.07, 6.45) is 11.9. The van der Waals surface area contributed by atoms with Crippen molar-refractivity contribution in [2.24, 2.45) is 0 Å². The molecule has 0 nitrogen and oxygen atoms in total. The molecule has 0 unspecified atom stereocenters. The van der Waals surface area contributed by atoms with Gasteiger partial charge in [-0.15, -0.1) is 21.3 Å². The summed E-state index contributed by atoms with van der Waals surface area (Å²) in [5, 5.41) is 0. The van der Waals surface area contributed by atoms with Gasteiger partial charge in [0.05, 0.1) is 0 Å². The number of hydrogen-bond acceptors (Lipinski definition) is 0. The molecule has 1 heterocycles. The molecule has 1 heteroatoms. The Morgan fingerprint density at radius 1 is 0.778 bits per heavy atom. The highest BCUT2D eigenvalue weighted by Gasteiger charge is 1.89. The SMILES string of the molecule is C1=C\[CH2][Mg][CH2]/C=C\CC/1. The maximum Gasteiger partial charge on any atom is 0.375 e. The topological polar surface area (TPSA) is 0 Å². The van der Waals surface area contributed by atoms with Crippen LogP contribution in [0.25, 0.3) is 0 Å². The molecular weight excluding hydrogens is 120 g/mol. The third-order valence-electron chi connectivity index (χ3n) is 1.57. The summed E-state index contributed by atoms with van der Waals surface area (Å²) in [5.41, 5.74) is 0. The monoisotopic (exact) mass is 132 g/mol. The zero-order valence-electron chi connectivity index (χ0n) is 5.84. The molecule has 0 saturated heterocycles. The minimum atomic E-state index is 0.256. The predicted octanol–water partition coefficient (Wildman–Crippen LogP) is 2.43.